The Kier molecular flexibility index (Phi) is 5.11. The molecule has 1 N–H and O–H groups in total. The number of amides is 1. The highest BCUT2D eigenvalue weighted by Gasteiger charge is 2.20. The van der Waals surface area contributed by atoms with Gasteiger partial charge in [-0.2, -0.15) is 0 Å². The molecule has 1 amide bonds. The van der Waals surface area contributed by atoms with Crippen molar-refractivity contribution in [2.24, 2.45) is 0 Å². The van der Waals surface area contributed by atoms with Gasteiger partial charge in [0, 0.05) is 45.1 Å². The van der Waals surface area contributed by atoms with Gasteiger partial charge in [-0.25, -0.2) is 0 Å². The van der Waals surface area contributed by atoms with Crippen molar-refractivity contribution < 1.29 is 4.79 Å². The minimum absolute atomic E-state index is 0.0644. The molecule has 1 aliphatic rings. The highest BCUT2D eigenvalue weighted by molar-refractivity contribution is 5.94. The normalized spacial score (nSPS) is 15.3. The number of carbonyl (C=O) groups excluding carboxylic acids is 1. The molecule has 1 aromatic heterocycles. The Morgan fingerprint density at radius 3 is 2.54 bits per heavy atom. The predicted molar refractivity (Wildman–Crippen MR) is 96.1 cm³/mol. The summed E-state index contributed by atoms with van der Waals surface area (Å²) in [6, 6.07) is 10.3. The molecular weight excluding hydrogens is 300 g/mol. The first-order chi connectivity index (χ1) is 11.6. The van der Waals surface area contributed by atoms with E-state index in [0.29, 0.717) is 12.1 Å². The van der Waals surface area contributed by atoms with Crippen molar-refractivity contribution in [3.05, 3.63) is 59.4 Å². The van der Waals surface area contributed by atoms with Crippen molar-refractivity contribution in [2.75, 3.05) is 38.5 Å². The van der Waals surface area contributed by atoms with Crippen molar-refractivity contribution >= 4 is 11.6 Å². The third-order valence-electron chi connectivity index (χ3n) is 4.39. The molecule has 5 heteroatoms. The van der Waals surface area contributed by atoms with Crippen molar-refractivity contribution in [3.8, 4) is 0 Å². The van der Waals surface area contributed by atoms with E-state index in [9.17, 15) is 4.79 Å². The van der Waals surface area contributed by atoms with E-state index < -0.39 is 0 Å². The van der Waals surface area contributed by atoms with Gasteiger partial charge in [0.25, 0.3) is 5.91 Å². The van der Waals surface area contributed by atoms with Crippen molar-refractivity contribution in [3.63, 3.8) is 0 Å². The van der Waals surface area contributed by atoms with Crippen LogP contribution in [0.25, 0.3) is 0 Å². The van der Waals surface area contributed by atoms with Crippen LogP contribution in [0, 0.1) is 6.92 Å². The number of likely N-dealkylation sites (N-methyl/N-ethyl adjacent to an activating group) is 1. The first kappa shape index (κ1) is 16.5. The molecular formula is C19H24N4O. The van der Waals surface area contributed by atoms with Gasteiger partial charge in [-0.15, -0.1) is 0 Å². The topological polar surface area (TPSA) is 48.5 Å². The number of carbonyl (C=O) groups is 1. The second-order valence-electron chi connectivity index (χ2n) is 6.40. The van der Waals surface area contributed by atoms with Gasteiger partial charge in [0.15, 0.2) is 0 Å². The average molecular weight is 324 g/mol. The number of anilines is 1. The lowest BCUT2D eigenvalue weighted by Crippen LogP contribution is -2.47. The summed E-state index contributed by atoms with van der Waals surface area (Å²) in [5.41, 5.74) is 3.97. The molecule has 2 aromatic rings. The molecule has 24 heavy (non-hydrogen) atoms. The molecule has 0 saturated carbocycles. The molecule has 1 saturated heterocycles. The zero-order valence-electron chi connectivity index (χ0n) is 14.3. The number of pyridine rings is 1. The second kappa shape index (κ2) is 7.45. The van der Waals surface area contributed by atoms with E-state index in [-0.39, 0.29) is 5.91 Å². The molecule has 1 aromatic carbocycles. The maximum absolute atomic E-state index is 12.6. The quantitative estimate of drug-likeness (QED) is 0.938. The molecule has 0 aliphatic carbocycles. The van der Waals surface area contributed by atoms with Crippen molar-refractivity contribution in [2.45, 2.75) is 13.5 Å². The zero-order valence-corrected chi connectivity index (χ0v) is 14.3. The van der Waals surface area contributed by atoms with Crippen LogP contribution in [-0.4, -0.2) is 53.9 Å². The third kappa shape index (κ3) is 4.11. The standard InChI is InChI=1S/C19H24N4O/c1-15-3-5-16(6-4-15)12-21-18-11-17(13-20-14-18)19(24)23-9-7-22(2)8-10-23/h3-6,11,13-14,21H,7-10,12H2,1-2H3. The highest BCUT2D eigenvalue weighted by atomic mass is 16.2. The molecule has 1 aliphatic heterocycles. The molecule has 3 rings (SSSR count). The van der Waals surface area contributed by atoms with E-state index in [1.807, 2.05) is 11.0 Å². The number of hydrogen-bond acceptors (Lipinski definition) is 4. The number of benzene rings is 1. The Morgan fingerprint density at radius 1 is 1.12 bits per heavy atom. The monoisotopic (exact) mass is 324 g/mol. The van der Waals surface area contributed by atoms with E-state index in [1.165, 1.54) is 11.1 Å². The van der Waals surface area contributed by atoms with Crippen LogP contribution >= 0.6 is 0 Å². The lowest BCUT2D eigenvalue weighted by molar-refractivity contribution is 0.0663. The number of hydrogen-bond donors (Lipinski definition) is 1. The fourth-order valence-electron chi connectivity index (χ4n) is 2.76. The van der Waals surface area contributed by atoms with Crippen molar-refractivity contribution in [1.82, 2.24) is 14.8 Å². The largest absolute Gasteiger partial charge is 0.380 e. The average Bonchev–Trinajstić information content (AvgIpc) is 2.61. The summed E-state index contributed by atoms with van der Waals surface area (Å²) in [6.45, 7) is 6.18. The van der Waals surface area contributed by atoms with Crippen LogP contribution in [0.3, 0.4) is 0 Å². The van der Waals surface area contributed by atoms with Crippen LogP contribution in [0.2, 0.25) is 0 Å². The van der Waals surface area contributed by atoms with Gasteiger partial charge in [-0.1, -0.05) is 29.8 Å². The number of rotatable bonds is 4. The Hall–Kier alpha value is -2.40. The predicted octanol–water partition coefficient (Wildman–Crippen LogP) is 2.39. The third-order valence-corrected chi connectivity index (χ3v) is 4.39. The second-order valence-corrected chi connectivity index (χ2v) is 6.40. The van der Waals surface area contributed by atoms with Crippen LogP contribution in [0.1, 0.15) is 21.5 Å². The van der Waals surface area contributed by atoms with Crippen LogP contribution in [0.5, 0.6) is 0 Å². The minimum atomic E-state index is 0.0644. The molecule has 0 bridgehead atoms. The van der Waals surface area contributed by atoms with E-state index >= 15 is 0 Å². The Bertz CT molecular complexity index is 691. The van der Waals surface area contributed by atoms with Gasteiger partial charge in [-0.3, -0.25) is 9.78 Å². The maximum Gasteiger partial charge on any atom is 0.255 e. The Labute approximate surface area is 143 Å². The van der Waals surface area contributed by atoms with Crippen LogP contribution < -0.4 is 5.32 Å². The molecule has 1 fully saturated rings. The molecule has 5 nitrogen and oxygen atoms in total. The van der Waals surface area contributed by atoms with E-state index in [2.05, 4.69) is 53.4 Å². The molecule has 0 unspecified atom stereocenters. The number of aromatic nitrogens is 1. The van der Waals surface area contributed by atoms with Crippen LogP contribution in [0.4, 0.5) is 5.69 Å². The fraction of sp³-hybridized carbons (Fsp3) is 0.368. The summed E-state index contributed by atoms with van der Waals surface area (Å²) in [4.78, 5) is 21.0. The van der Waals surface area contributed by atoms with Crippen LogP contribution in [-0.2, 0) is 6.54 Å². The van der Waals surface area contributed by atoms with E-state index in [1.54, 1.807) is 12.4 Å². The first-order valence-electron chi connectivity index (χ1n) is 8.34. The van der Waals surface area contributed by atoms with Gasteiger partial charge in [0.05, 0.1) is 11.3 Å². The van der Waals surface area contributed by atoms with E-state index in [0.717, 1.165) is 31.9 Å². The summed E-state index contributed by atoms with van der Waals surface area (Å²) in [7, 11) is 2.08. The van der Waals surface area contributed by atoms with Gasteiger partial charge in [0.2, 0.25) is 0 Å². The number of piperazine rings is 1. The number of nitrogens with zero attached hydrogens (tertiary/aromatic N) is 3. The summed E-state index contributed by atoms with van der Waals surface area (Å²) >= 11 is 0. The lowest BCUT2D eigenvalue weighted by Gasteiger charge is -2.32. The summed E-state index contributed by atoms with van der Waals surface area (Å²) in [6.07, 6.45) is 3.41. The zero-order chi connectivity index (χ0) is 16.9. The molecule has 2 heterocycles. The Balaban J connectivity index is 1.63. The van der Waals surface area contributed by atoms with Gasteiger partial charge < -0.3 is 15.1 Å². The lowest BCUT2D eigenvalue weighted by atomic mass is 10.1. The number of nitrogens with one attached hydrogen (secondary N) is 1. The van der Waals surface area contributed by atoms with Crippen LogP contribution in [0.15, 0.2) is 42.7 Å². The smallest absolute Gasteiger partial charge is 0.255 e. The molecule has 0 radical (unpaired) electrons. The minimum Gasteiger partial charge on any atom is -0.380 e. The van der Waals surface area contributed by atoms with E-state index in [4.69, 9.17) is 0 Å². The van der Waals surface area contributed by atoms with Gasteiger partial charge in [0.1, 0.15) is 0 Å². The first-order valence-corrected chi connectivity index (χ1v) is 8.34. The maximum atomic E-state index is 12.6. The summed E-state index contributed by atoms with van der Waals surface area (Å²) < 4.78 is 0. The van der Waals surface area contributed by atoms with Crippen molar-refractivity contribution in [1.29, 1.82) is 0 Å². The van der Waals surface area contributed by atoms with Gasteiger partial charge in [-0.05, 0) is 25.6 Å². The fourth-order valence-corrected chi connectivity index (χ4v) is 2.76. The highest BCUT2D eigenvalue weighted by Crippen LogP contribution is 2.14. The SMILES string of the molecule is Cc1ccc(CNc2cncc(C(=O)N3CCN(C)CC3)c2)cc1. The summed E-state index contributed by atoms with van der Waals surface area (Å²) in [5, 5.41) is 3.34. The number of aryl methyl sites for hydroxylation is 1. The van der Waals surface area contributed by atoms with Gasteiger partial charge >= 0.3 is 0 Å². The molecule has 0 spiro atoms. The Morgan fingerprint density at radius 2 is 1.83 bits per heavy atom. The molecule has 126 valence electrons. The molecule has 0 atom stereocenters. The summed E-state index contributed by atoms with van der Waals surface area (Å²) in [5.74, 6) is 0.0644.